The van der Waals surface area contributed by atoms with Crippen LogP contribution in [0.4, 0.5) is 45.5 Å². The smallest absolute Gasteiger partial charge is 0.116 e. The van der Waals surface area contributed by atoms with E-state index in [1.807, 2.05) is 60.7 Å². The first kappa shape index (κ1) is 36.6. The molecule has 11 rings (SSSR count). The molecular formula is C56H38N6. The summed E-state index contributed by atoms with van der Waals surface area (Å²) in [6.07, 6.45) is 0. The van der Waals surface area contributed by atoms with Crippen molar-refractivity contribution in [2.24, 2.45) is 9.98 Å². The number of hydrogen-bond donors (Lipinski definition) is 0. The Morgan fingerprint density at radius 1 is 0.274 bits per heavy atom. The lowest BCUT2D eigenvalue weighted by atomic mass is 9.99. The molecule has 10 aromatic rings. The quantitative estimate of drug-likeness (QED) is 0.154. The Kier molecular flexibility index (Phi) is 9.41. The highest BCUT2D eigenvalue weighted by Crippen LogP contribution is 2.39. The molecule has 1 aliphatic heterocycles. The van der Waals surface area contributed by atoms with Gasteiger partial charge >= 0.3 is 0 Å². The van der Waals surface area contributed by atoms with Crippen molar-refractivity contribution < 1.29 is 0 Å². The number of benzene rings is 8. The molecular weight excluding hydrogens is 757 g/mol. The van der Waals surface area contributed by atoms with Crippen molar-refractivity contribution in [2.75, 3.05) is 9.80 Å². The van der Waals surface area contributed by atoms with Gasteiger partial charge in [-0.25, -0.2) is 20.0 Å². The van der Waals surface area contributed by atoms with Crippen LogP contribution < -0.4 is 9.80 Å². The standard InChI is InChI=1S/C56H38N6/c1-5-19-43(20-6-1)61(44-21-7-2-8-22-44)47-33-29-39(30-34-47)53-55-51(37-41-17-13-15-27-49(41)57-55)60-54(56-52(59-53)38-42-18-14-16-28-50(42)58-56)40-31-35-48(36-32-40)62(45-23-9-3-10-24-45)46-25-11-4-12-26-46/h1-38H. The van der Waals surface area contributed by atoms with E-state index >= 15 is 0 Å². The van der Waals surface area contributed by atoms with Crippen LogP contribution >= 0.6 is 0 Å². The number of nitrogens with zero attached hydrogens (tertiary/aromatic N) is 6. The Morgan fingerprint density at radius 2 is 0.565 bits per heavy atom. The maximum atomic E-state index is 5.55. The summed E-state index contributed by atoms with van der Waals surface area (Å²) in [5, 5.41) is 1.99. The molecule has 0 atom stereocenters. The van der Waals surface area contributed by atoms with E-state index in [0.29, 0.717) is 11.4 Å². The van der Waals surface area contributed by atoms with E-state index in [0.717, 1.165) is 89.9 Å². The number of anilines is 6. The first-order valence-electron chi connectivity index (χ1n) is 20.7. The summed E-state index contributed by atoms with van der Waals surface area (Å²) < 4.78 is 0. The zero-order valence-electron chi connectivity index (χ0n) is 33.6. The van der Waals surface area contributed by atoms with Crippen LogP contribution in [0, 0.1) is 0 Å². The second-order valence-electron chi connectivity index (χ2n) is 15.1. The van der Waals surface area contributed by atoms with Crippen LogP contribution in [0.5, 0.6) is 0 Å². The van der Waals surface area contributed by atoms with E-state index in [9.17, 15) is 0 Å². The number of para-hydroxylation sites is 6. The van der Waals surface area contributed by atoms with Gasteiger partial charge in [-0.1, -0.05) is 133 Å². The fourth-order valence-electron chi connectivity index (χ4n) is 8.22. The van der Waals surface area contributed by atoms with Gasteiger partial charge in [0.2, 0.25) is 0 Å². The van der Waals surface area contributed by atoms with Gasteiger partial charge in [0.25, 0.3) is 0 Å². The molecule has 0 N–H and O–H groups in total. The molecule has 292 valence electrons. The summed E-state index contributed by atoms with van der Waals surface area (Å²) in [7, 11) is 0. The maximum absolute atomic E-state index is 5.55. The van der Waals surface area contributed by atoms with Crippen molar-refractivity contribution in [3.63, 3.8) is 0 Å². The van der Waals surface area contributed by atoms with Crippen molar-refractivity contribution >= 4 is 78.7 Å². The molecule has 8 aromatic carbocycles. The molecule has 1 aliphatic rings. The fraction of sp³-hybridized carbons (Fsp3) is 0. The van der Waals surface area contributed by atoms with Crippen LogP contribution in [0.2, 0.25) is 0 Å². The third kappa shape index (κ3) is 6.95. The number of aromatic nitrogens is 2. The molecule has 6 nitrogen and oxygen atoms in total. The Labute approximate surface area is 360 Å². The fourth-order valence-corrected chi connectivity index (χ4v) is 8.22. The van der Waals surface area contributed by atoms with Crippen molar-refractivity contribution in [3.8, 4) is 0 Å². The van der Waals surface area contributed by atoms with Gasteiger partial charge in [-0.15, -0.1) is 0 Å². The predicted molar refractivity (Wildman–Crippen MR) is 256 cm³/mol. The first-order chi connectivity index (χ1) is 30.7. The zero-order valence-corrected chi connectivity index (χ0v) is 33.6. The zero-order chi connectivity index (χ0) is 41.2. The Balaban J connectivity index is 1.08. The molecule has 0 aliphatic carbocycles. The molecule has 0 saturated carbocycles. The third-order valence-electron chi connectivity index (χ3n) is 11.2. The van der Waals surface area contributed by atoms with Gasteiger partial charge in [-0.3, -0.25) is 0 Å². The molecule has 0 spiro atoms. The summed E-state index contributed by atoms with van der Waals surface area (Å²) in [5.74, 6) is 0. The van der Waals surface area contributed by atoms with E-state index in [-0.39, 0.29) is 0 Å². The van der Waals surface area contributed by atoms with Gasteiger partial charge in [0, 0.05) is 56.0 Å². The van der Waals surface area contributed by atoms with Gasteiger partial charge in [-0.05, 0) is 97.1 Å². The van der Waals surface area contributed by atoms with E-state index < -0.39 is 0 Å². The average Bonchev–Trinajstić information content (AvgIpc) is 3.34. The van der Waals surface area contributed by atoms with Gasteiger partial charge in [-0.2, -0.15) is 0 Å². The van der Waals surface area contributed by atoms with Crippen molar-refractivity contribution in [2.45, 2.75) is 0 Å². The normalized spacial score (nSPS) is 12.1. The summed E-state index contributed by atoms with van der Waals surface area (Å²) in [6.45, 7) is 0. The van der Waals surface area contributed by atoms with Gasteiger partial charge in [0.15, 0.2) is 0 Å². The van der Waals surface area contributed by atoms with E-state index in [4.69, 9.17) is 20.0 Å². The van der Waals surface area contributed by atoms with Crippen LogP contribution in [-0.4, -0.2) is 21.4 Å². The van der Waals surface area contributed by atoms with Crippen LogP contribution in [0.15, 0.2) is 241 Å². The molecule has 2 aromatic heterocycles. The number of fused-ring (bicyclic) bond motifs is 4. The van der Waals surface area contributed by atoms with Gasteiger partial charge in [0.05, 0.1) is 33.8 Å². The molecule has 0 unspecified atom stereocenters. The lowest BCUT2D eigenvalue weighted by Crippen LogP contribution is -2.14. The summed E-state index contributed by atoms with van der Waals surface area (Å²) >= 11 is 0. The maximum Gasteiger partial charge on any atom is 0.116 e. The second kappa shape index (κ2) is 15.9. The minimum absolute atomic E-state index is 0.701. The molecule has 0 amide bonds. The first-order valence-corrected chi connectivity index (χ1v) is 20.7. The summed E-state index contributed by atoms with van der Waals surface area (Å²) in [4.78, 5) is 26.3. The average molecular weight is 795 g/mol. The largest absolute Gasteiger partial charge is 0.311 e. The molecule has 0 fully saturated rings. The van der Waals surface area contributed by atoms with Gasteiger partial charge < -0.3 is 9.80 Å². The number of pyridine rings is 2. The molecule has 0 saturated heterocycles. The van der Waals surface area contributed by atoms with Crippen LogP contribution in [0.3, 0.4) is 0 Å². The lowest BCUT2D eigenvalue weighted by molar-refractivity contribution is 1.26. The Hall–Kier alpha value is -8.48. The number of rotatable bonds is 8. The molecule has 0 radical (unpaired) electrons. The highest BCUT2D eigenvalue weighted by molar-refractivity contribution is 6.22. The second-order valence-corrected chi connectivity index (χ2v) is 15.1. The predicted octanol–water partition coefficient (Wildman–Crippen LogP) is 14.4. The van der Waals surface area contributed by atoms with Crippen molar-refractivity contribution in [1.82, 2.24) is 9.97 Å². The van der Waals surface area contributed by atoms with Crippen molar-refractivity contribution in [3.05, 3.63) is 253 Å². The topological polar surface area (TPSA) is 57.0 Å². The van der Waals surface area contributed by atoms with E-state index in [2.05, 4.69) is 180 Å². The Bertz CT molecular complexity index is 2960. The summed E-state index contributed by atoms with van der Waals surface area (Å²) in [6, 6.07) is 79.5. The minimum atomic E-state index is 0.701. The highest BCUT2D eigenvalue weighted by Gasteiger charge is 2.25. The van der Waals surface area contributed by atoms with E-state index in [1.54, 1.807) is 0 Å². The Morgan fingerprint density at radius 3 is 0.903 bits per heavy atom. The van der Waals surface area contributed by atoms with Crippen LogP contribution in [-0.2, 0) is 0 Å². The molecule has 3 heterocycles. The molecule has 6 heteroatoms. The van der Waals surface area contributed by atoms with Gasteiger partial charge in [0.1, 0.15) is 11.4 Å². The molecule has 0 bridgehead atoms. The minimum Gasteiger partial charge on any atom is -0.311 e. The summed E-state index contributed by atoms with van der Waals surface area (Å²) in [5.41, 5.74) is 14.2. The number of aliphatic imine (C=N–C) groups is 2. The van der Waals surface area contributed by atoms with E-state index in [1.165, 1.54) is 0 Å². The van der Waals surface area contributed by atoms with Crippen LogP contribution in [0.25, 0.3) is 21.8 Å². The SMILES string of the molecule is c1ccc(N(c2ccccc2)c2ccc(C3=Nc4cc5ccccc5nc4C(c4ccc(N(c5ccccc5)c5ccccc5)cc4)=Nc4cc5ccccc5nc43)cc2)cc1. The molecule has 62 heavy (non-hydrogen) atoms. The third-order valence-corrected chi connectivity index (χ3v) is 11.2. The monoisotopic (exact) mass is 794 g/mol. The number of hydrogen-bond acceptors (Lipinski definition) is 6. The lowest BCUT2D eigenvalue weighted by Gasteiger charge is -2.26. The highest BCUT2D eigenvalue weighted by atomic mass is 15.1. The van der Waals surface area contributed by atoms with Crippen molar-refractivity contribution in [1.29, 1.82) is 0 Å². The van der Waals surface area contributed by atoms with Crippen LogP contribution in [0.1, 0.15) is 22.5 Å².